The molecule has 0 bridgehead atoms. The van der Waals surface area contributed by atoms with Crippen LogP contribution in [-0.4, -0.2) is 35.7 Å². The Morgan fingerprint density at radius 2 is 2.11 bits per heavy atom. The first-order valence-corrected chi connectivity index (χ1v) is 9.45. The molecule has 3 heterocycles. The van der Waals surface area contributed by atoms with Crippen LogP contribution < -0.4 is 10.6 Å². The zero-order chi connectivity index (χ0) is 18.8. The van der Waals surface area contributed by atoms with Gasteiger partial charge in [-0.2, -0.15) is 0 Å². The predicted molar refractivity (Wildman–Crippen MR) is 105 cm³/mol. The van der Waals surface area contributed by atoms with Gasteiger partial charge in [-0.25, -0.2) is 4.98 Å². The summed E-state index contributed by atoms with van der Waals surface area (Å²) in [5.74, 6) is 0.368. The Morgan fingerprint density at radius 3 is 2.85 bits per heavy atom. The fourth-order valence-corrected chi connectivity index (χ4v) is 3.58. The monoisotopic (exact) mass is 364 g/mol. The summed E-state index contributed by atoms with van der Waals surface area (Å²) in [5.41, 5.74) is 4.48. The lowest BCUT2D eigenvalue weighted by molar-refractivity contribution is 0.0946. The van der Waals surface area contributed by atoms with Gasteiger partial charge in [0.2, 0.25) is 0 Å². The summed E-state index contributed by atoms with van der Waals surface area (Å²) in [6.07, 6.45) is 2.29. The molecule has 1 aliphatic rings. The minimum Gasteiger partial charge on any atom is -0.352 e. The van der Waals surface area contributed by atoms with Crippen molar-refractivity contribution in [1.82, 2.24) is 20.8 Å². The van der Waals surface area contributed by atoms with Crippen LogP contribution in [-0.2, 0) is 0 Å². The molecule has 1 unspecified atom stereocenters. The number of aryl methyl sites for hydroxylation is 2. The van der Waals surface area contributed by atoms with Crippen LogP contribution in [0, 0.1) is 19.8 Å². The van der Waals surface area contributed by atoms with E-state index in [9.17, 15) is 4.79 Å². The van der Waals surface area contributed by atoms with Crippen molar-refractivity contribution in [2.75, 3.05) is 19.6 Å². The van der Waals surface area contributed by atoms with E-state index in [0.29, 0.717) is 40.5 Å². The van der Waals surface area contributed by atoms with Gasteiger partial charge >= 0.3 is 0 Å². The number of hydrogen-bond donors (Lipinski definition) is 2. The van der Waals surface area contributed by atoms with E-state index in [1.54, 1.807) is 0 Å². The zero-order valence-electron chi connectivity index (χ0n) is 15.7. The van der Waals surface area contributed by atoms with Gasteiger partial charge in [-0.1, -0.05) is 35.0 Å². The maximum absolute atomic E-state index is 13.0. The van der Waals surface area contributed by atoms with Crippen molar-refractivity contribution >= 4 is 17.0 Å². The number of benzene rings is 1. The Labute approximate surface area is 158 Å². The highest BCUT2D eigenvalue weighted by Crippen LogP contribution is 2.27. The molecule has 0 radical (unpaired) electrons. The van der Waals surface area contributed by atoms with E-state index < -0.39 is 0 Å². The van der Waals surface area contributed by atoms with Crippen LogP contribution >= 0.6 is 0 Å². The molecule has 140 valence electrons. The lowest BCUT2D eigenvalue weighted by atomic mass is 9.99. The molecule has 1 amide bonds. The summed E-state index contributed by atoms with van der Waals surface area (Å²) in [7, 11) is 0. The lowest BCUT2D eigenvalue weighted by Crippen LogP contribution is -2.38. The number of nitrogens with one attached hydrogen (secondary N) is 2. The van der Waals surface area contributed by atoms with Crippen molar-refractivity contribution in [3.8, 4) is 11.3 Å². The molecule has 1 saturated heterocycles. The fourth-order valence-electron chi connectivity index (χ4n) is 3.58. The quantitative estimate of drug-likeness (QED) is 0.743. The highest BCUT2D eigenvalue weighted by molar-refractivity contribution is 6.07. The second kappa shape index (κ2) is 7.48. The molecular weight excluding hydrogens is 340 g/mol. The third-order valence-corrected chi connectivity index (χ3v) is 5.16. The van der Waals surface area contributed by atoms with Gasteiger partial charge in [-0.05, 0) is 51.8 Å². The number of amides is 1. The topological polar surface area (TPSA) is 80.0 Å². The zero-order valence-corrected chi connectivity index (χ0v) is 15.7. The number of piperidine rings is 1. The van der Waals surface area contributed by atoms with Crippen molar-refractivity contribution in [3.63, 3.8) is 0 Å². The van der Waals surface area contributed by atoms with Crippen molar-refractivity contribution in [3.05, 3.63) is 47.2 Å². The molecule has 0 saturated carbocycles. The lowest BCUT2D eigenvalue weighted by Gasteiger charge is -2.23. The van der Waals surface area contributed by atoms with Crippen LogP contribution in [0.25, 0.3) is 22.4 Å². The molecule has 1 fully saturated rings. The summed E-state index contributed by atoms with van der Waals surface area (Å²) in [4.78, 5) is 17.5. The number of fused-ring (bicyclic) bond motifs is 1. The summed E-state index contributed by atoms with van der Waals surface area (Å²) in [6.45, 7) is 6.56. The van der Waals surface area contributed by atoms with E-state index in [1.807, 2.05) is 44.2 Å². The molecule has 0 aliphatic carbocycles. The molecule has 3 aromatic rings. The highest BCUT2D eigenvalue weighted by atomic mass is 16.5. The Morgan fingerprint density at radius 1 is 1.30 bits per heavy atom. The predicted octanol–water partition coefficient (Wildman–Crippen LogP) is 3.24. The summed E-state index contributed by atoms with van der Waals surface area (Å²) in [5, 5.41) is 11.2. The smallest absolute Gasteiger partial charge is 0.259 e. The van der Waals surface area contributed by atoms with Gasteiger partial charge < -0.3 is 15.2 Å². The van der Waals surface area contributed by atoms with E-state index in [0.717, 1.165) is 31.5 Å². The van der Waals surface area contributed by atoms with Crippen LogP contribution in [0.4, 0.5) is 0 Å². The van der Waals surface area contributed by atoms with Crippen molar-refractivity contribution in [2.24, 2.45) is 5.92 Å². The first-order chi connectivity index (χ1) is 13.1. The summed E-state index contributed by atoms with van der Waals surface area (Å²) in [6, 6.07) is 9.90. The summed E-state index contributed by atoms with van der Waals surface area (Å²) >= 11 is 0. The van der Waals surface area contributed by atoms with Gasteiger partial charge in [-0.15, -0.1) is 0 Å². The van der Waals surface area contributed by atoms with E-state index in [2.05, 4.69) is 20.8 Å². The Kier molecular flexibility index (Phi) is 4.90. The second-order valence-corrected chi connectivity index (χ2v) is 7.29. The van der Waals surface area contributed by atoms with Crippen LogP contribution in [0.3, 0.4) is 0 Å². The molecular formula is C21H24N4O2. The van der Waals surface area contributed by atoms with E-state index >= 15 is 0 Å². The maximum Gasteiger partial charge on any atom is 0.259 e. The van der Waals surface area contributed by atoms with Gasteiger partial charge in [0.15, 0.2) is 0 Å². The van der Waals surface area contributed by atoms with Crippen LogP contribution in [0.1, 0.15) is 34.5 Å². The first-order valence-electron chi connectivity index (χ1n) is 9.45. The van der Waals surface area contributed by atoms with Crippen LogP contribution in [0.15, 0.2) is 34.9 Å². The van der Waals surface area contributed by atoms with E-state index in [4.69, 9.17) is 4.52 Å². The Bertz CT molecular complexity index is 956. The molecule has 1 aromatic carbocycles. The standard InChI is InChI=1S/C21H24N4O2/c1-13-5-7-16(8-6-13)18-10-17(19-14(2)25-27-21(19)24-18)20(26)23-12-15-4-3-9-22-11-15/h5-8,10,15,22H,3-4,9,11-12H2,1-2H3,(H,23,26). The average Bonchev–Trinajstić information content (AvgIpc) is 3.08. The summed E-state index contributed by atoms with van der Waals surface area (Å²) < 4.78 is 5.37. The number of aromatic nitrogens is 2. The molecule has 0 spiro atoms. The number of nitrogens with zero attached hydrogens (tertiary/aromatic N) is 2. The molecule has 1 aliphatic heterocycles. The van der Waals surface area contributed by atoms with Crippen LogP contribution in [0.5, 0.6) is 0 Å². The van der Waals surface area contributed by atoms with E-state index in [1.165, 1.54) is 5.56 Å². The molecule has 6 heteroatoms. The molecule has 2 aromatic heterocycles. The van der Waals surface area contributed by atoms with Gasteiger partial charge in [0.05, 0.1) is 22.3 Å². The number of carbonyl (C=O) groups excluding carboxylic acids is 1. The minimum atomic E-state index is -0.104. The Hall–Kier alpha value is -2.73. The maximum atomic E-state index is 13.0. The van der Waals surface area contributed by atoms with Crippen molar-refractivity contribution in [2.45, 2.75) is 26.7 Å². The van der Waals surface area contributed by atoms with Gasteiger partial charge in [-0.3, -0.25) is 4.79 Å². The molecule has 2 N–H and O–H groups in total. The largest absolute Gasteiger partial charge is 0.352 e. The first kappa shape index (κ1) is 17.7. The third-order valence-electron chi connectivity index (χ3n) is 5.16. The molecule has 4 rings (SSSR count). The van der Waals surface area contributed by atoms with Crippen LogP contribution in [0.2, 0.25) is 0 Å². The van der Waals surface area contributed by atoms with Gasteiger partial charge in [0.25, 0.3) is 11.6 Å². The SMILES string of the molecule is Cc1ccc(-c2cc(C(=O)NCC3CCCNC3)c3c(C)noc3n2)cc1. The Balaban J connectivity index is 1.66. The van der Waals surface area contributed by atoms with Crippen molar-refractivity contribution < 1.29 is 9.32 Å². The van der Waals surface area contributed by atoms with Crippen molar-refractivity contribution in [1.29, 1.82) is 0 Å². The van der Waals surface area contributed by atoms with Gasteiger partial charge in [0.1, 0.15) is 0 Å². The highest BCUT2D eigenvalue weighted by Gasteiger charge is 2.20. The fraction of sp³-hybridized carbons (Fsp3) is 0.381. The molecule has 6 nitrogen and oxygen atoms in total. The number of carbonyl (C=O) groups is 1. The van der Waals surface area contributed by atoms with E-state index in [-0.39, 0.29) is 5.91 Å². The minimum absolute atomic E-state index is 0.104. The number of pyridine rings is 1. The third kappa shape index (κ3) is 3.71. The normalized spacial score (nSPS) is 17.2. The number of rotatable bonds is 4. The average molecular weight is 364 g/mol. The number of hydrogen-bond acceptors (Lipinski definition) is 5. The van der Waals surface area contributed by atoms with Gasteiger partial charge in [0, 0.05) is 12.1 Å². The molecule has 27 heavy (non-hydrogen) atoms. The molecule has 1 atom stereocenters. The second-order valence-electron chi connectivity index (χ2n) is 7.29.